The molecule has 0 unspecified atom stereocenters. The van der Waals surface area contributed by atoms with E-state index in [4.69, 9.17) is 26.4 Å². The van der Waals surface area contributed by atoms with E-state index in [1.807, 2.05) is 31.2 Å². The van der Waals surface area contributed by atoms with Gasteiger partial charge in [0.15, 0.2) is 10.9 Å². The normalized spacial score (nSPS) is 10.8. The molecule has 0 saturated heterocycles. The maximum atomic E-state index is 12.7. The molecule has 0 aliphatic carbocycles. The highest BCUT2D eigenvalue weighted by Crippen LogP contribution is 2.24. The number of sulfonamides is 1. The maximum absolute atomic E-state index is 12.7. The van der Waals surface area contributed by atoms with Gasteiger partial charge in [0.1, 0.15) is 5.75 Å². The molecule has 10 nitrogen and oxygen atoms in total. The number of benzene rings is 2. The van der Waals surface area contributed by atoms with E-state index in [0.717, 1.165) is 5.69 Å². The molecule has 33 heavy (non-hydrogen) atoms. The molecule has 174 valence electrons. The van der Waals surface area contributed by atoms with Crippen molar-refractivity contribution in [2.75, 3.05) is 36.2 Å². The fraction of sp³-hybridized carbons (Fsp3) is 0.190. The number of aromatic nitrogens is 2. The lowest BCUT2D eigenvalue weighted by Gasteiger charge is -2.14. The van der Waals surface area contributed by atoms with Gasteiger partial charge in [-0.05, 0) is 55.5 Å². The number of methoxy groups -OCH3 is 2. The summed E-state index contributed by atoms with van der Waals surface area (Å²) in [5.74, 6) is 0.847. The van der Waals surface area contributed by atoms with Gasteiger partial charge in [-0.15, -0.1) is 0 Å². The molecule has 0 amide bonds. The zero-order chi connectivity index (χ0) is 23.8. The number of para-hydroxylation sites is 2. The Balaban J connectivity index is 1.69. The van der Waals surface area contributed by atoms with Crippen LogP contribution in [-0.4, -0.2) is 44.3 Å². The first-order valence-electron chi connectivity index (χ1n) is 9.74. The van der Waals surface area contributed by atoms with Crippen LogP contribution in [0.15, 0.2) is 59.5 Å². The van der Waals surface area contributed by atoms with Crippen molar-refractivity contribution < 1.29 is 22.6 Å². The minimum Gasteiger partial charge on any atom is -0.492 e. The van der Waals surface area contributed by atoms with Crippen LogP contribution in [0.1, 0.15) is 6.92 Å². The van der Waals surface area contributed by atoms with Gasteiger partial charge in [0.05, 0.1) is 31.4 Å². The first-order chi connectivity index (χ1) is 15.8. The lowest BCUT2D eigenvalue weighted by molar-refractivity contribution is 0.342. The smallest absolute Gasteiger partial charge is 0.321 e. The van der Waals surface area contributed by atoms with E-state index >= 15 is 0 Å². The Labute approximate surface area is 197 Å². The van der Waals surface area contributed by atoms with Crippen LogP contribution < -0.4 is 29.6 Å². The largest absolute Gasteiger partial charge is 0.492 e. The number of rotatable bonds is 9. The first kappa shape index (κ1) is 24.0. The van der Waals surface area contributed by atoms with Crippen molar-refractivity contribution >= 4 is 44.5 Å². The molecule has 3 rings (SSSR count). The monoisotopic (exact) mass is 489 g/mol. The number of nitrogens with one attached hydrogen (secondary N) is 3. The molecule has 3 N–H and O–H groups in total. The lowest BCUT2D eigenvalue weighted by Crippen LogP contribution is -2.20. The van der Waals surface area contributed by atoms with Gasteiger partial charge < -0.3 is 24.8 Å². The Morgan fingerprint density at radius 2 is 1.73 bits per heavy atom. The maximum Gasteiger partial charge on any atom is 0.321 e. The fourth-order valence-corrected chi connectivity index (χ4v) is 3.92. The molecule has 3 aromatic rings. The Bertz CT molecular complexity index is 1200. The lowest BCUT2D eigenvalue weighted by atomic mass is 10.3. The summed E-state index contributed by atoms with van der Waals surface area (Å²) in [5.41, 5.74) is 1.32. The second-order valence-electron chi connectivity index (χ2n) is 6.42. The number of nitrogens with zero attached hydrogens (tertiary/aromatic N) is 2. The van der Waals surface area contributed by atoms with Crippen LogP contribution in [-0.2, 0) is 10.0 Å². The van der Waals surface area contributed by atoms with Crippen molar-refractivity contribution in [1.82, 2.24) is 9.97 Å². The quantitative estimate of drug-likeness (QED) is 0.385. The molecule has 0 radical (unpaired) electrons. The molecule has 0 aliphatic rings. The molecule has 0 spiro atoms. The summed E-state index contributed by atoms with van der Waals surface area (Å²) in [6.07, 6.45) is 0. The van der Waals surface area contributed by atoms with Gasteiger partial charge in [0.25, 0.3) is 10.0 Å². The van der Waals surface area contributed by atoms with Crippen molar-refractivity contribution in [2.24, 2.45) is 0 Å². The highest BCUT2D eigenvalue weighted by atomic mass is 32.2. The van der Waals surface area contributed by atoms with Gasteiger partial charge in [-0.1, -0.05) is 12.1 Å². The fourth-order valence-electron chi connectivity index (χ4n) is 2.70. The minimum absolute atomic E-state index is 0.0132. The SMILES string of the molecule is CCOc1ccccc1NC(=S)Nc1ccc(S(=O)(=O)Nc2cc(OC)nc(OC)n2)cc1. The molecule has 0 fully saturated rings. The molecule has 1 aromatic heterocycles. The molecular weight excluding hydrogens is 466 g/mol. The Morgan fingerprint density at radius 3 is 2.39 bits per heavy atom. The van der Waals surface area contributed by atoms with Crippen molar-refractivity contribution in [3.63, 3.8) is 0 Å². The van der Waals surface area contributed by atoms with Gasteiger partial charge in [0, 0.05) is 11.8 Å². The third-order valence-corrected chi connectivity index (χ3v) is 5.75. The summed E-state index contributed by atoms with van der Waals surface area (Å²) in [6, 6.07) is 14.8. The van der Waals surface area contributed by atoms with Crippen LogP contribution in [0.5, 0.6) is 17.6 Å². The van der Waals surface area contributed by atoms with E-state index in [1.54, 1.807) is 12.1 Å². The van der Waals surface area contributed by atoms with E-state index in [2.05, 4.69) is 25.3 Å². The zero-order valence-corrected chi connectivity index (χ0v) is 19.8. The second-order valence-corrected chi connectivity index (χ2v) is 8.51. The van der Waals surface area contributed by atoms with Gasteiger partial charge in [-0.2, -0.15) is 9.97 Å². The highest BCUT2D eigenvalue weighted by molar-refractivity contribution is 7.92. The summed E-state index contributed by atoms with van der Waals surface area (Å²) >= 11 is 5.36. The van der Waals surface area contributed by atoms with Crippen molar-refractivity contribution in [2.45, 2.75) is 11.8 Å². The van der Waals surface area contributed by atoms with Gasteiger partial charge in [0.2, 0.25) is 5.88 Å². The topological polar surface area (TPSA) is 124 Å². The standard InChI is InChI=1S/C21H23N5O5S2/c1-4-31-17-8-6-5-7-16(17)23-21(32)22-14-9-11-15(12-10-14)33(27,28)26-18-13-19(29-2)25-20(24-18)30-3/h5-13H,4H2,1-3H3,(H2,22,23,32)(H,24,25,26). The highest BCUT2D eigenvalue weighted by Gasteiger charge is 2.17. The average Bonchev–Trinajstić information content (AvgIpc) is 2.80. The van der Waals surface area contributed by atoms with Gasteiger partial charge in [-0.25, -0.2) is 8.42 Å². The summed E-state index contributed by atoms with van der Waals surface area (Å²) < 4.78 is 43.4. The van der Waals surface area contributed by atoms with E-state index in [-0.39, 0.29) is 22.6 Å². The van der Waals surface area contributed by atoms with Gasteiger partial charge >= 0.3 is 6.01 Å². The van der Waals surface area contributed by atoms with E-state index in [1.165, 1.54) is 32.4 Å². The summed E-state index contributed by atoms with van der Waals surface area (Å²) in [5, 5.41) is 6.41. The summed E-state index contributed by atoms with van der Waals surface area (Å²) in [7, 11) is -1.14. The molecule has 1 heterocycles. The van der Waals surface area contributed by atoms with E-state index < -0.39 is 10.0 Å². The van der Waals surface area contributed by atoms with Crippen LogP contribution in [0.4, 0.5) is 17.2 Å². The van der Waals surface area contributed by atoms with Crippen LogP contribution in [0, 0.1) is 0 Å². The number of anilines is 3. The minimum atomic E-state index is -3.91. The zero-order valence-electron chi connectivity index (χ0n) is 18.2. The van der Waals surface area contributed by atoms with Crippen LogP contribution >= 0.6 is 12.2 Å². The molecule has 0 saturated carbocycles. The van der Waals surface area contributed by atoms with E-state index in [9.17, 15) is 8.42 Å². The Morgan fingerprint density at radius 1 is 1.00 bits per heavy atom. The van der Waals surface area contributed by atoms with Crippen molar-refractivity contribution in [3.8, 4) is 17.6 Å². The Hall–Kier alpha value is -3.64. The number of hydrogen-bond donors (Lipinski definition) is 3. The predicted octanol–water partition coefficient (Wildman–Crippen LogP) is 3.50. The molecule has 0 aliphatic heterocycles. The predicted molar refractivity (Wildman–Crippen MR) is 130 cm³/mol. The second kappa shape index (κ2) is 10.8. The molecule has 0 bridgehead atoms. The molecule has 12 heteroatoms. The van der Waals surface area contributed by atoms with Crippen LogP contribution in [0.3, 0.4) is 0 Å². The number of thiocarbonyl (C=S) groups is 1. The molecule has 2 aromatic carbocycles. The summed E-state index contributed by atoms with van der Waals surface area (Å²) in [6.45, 7) is 2.42. The van der Waals surface area contributed by atoms with Crippen molar-refractivity contribution in [1.29, 1.82) is 0 Å². The third-order valence-electron chi connectivity index (χ3n) is 4.17. The molecular formula is C21H23N5O5S2. The third kappa shape index (κ3) is 6.43. The van der Waals surface area contributed by atoms with Crippen LogP contribution in [0.25, 0.3) is 0 Å². The van der Waals surface area contributed by atoms with Gasteiger partial charge in [-0.3, -0.25) is 4.72 Å². The number of hydrogen-bond acceptors (Lipinski definition) is 8. The Kier molecular flexibility index (Phi) is 7.85. The first-order valence-corrected chi connectivity index (χ1v) is 11.6. The van der Waals surface area contributed by atoms with Crippen molar-refractivity contribution in [3.05, 3.63) is 54.6 Å². The average molecular weight is 490 g/mol. The molecule has 0 atom stereocenters. The van der Waals surface area contributed by atoms with E-state index in [0.29, 0.717) is 23.2 Å². The number of ether oxygens (including phenoxy) is 3. The van der Waals surface area contributed by atoms with Crippen LogP contribution in [0.2, 0.25) is 0 Å². The summed E-state index contributed by atoms with van der Waals surface area (Å²) in [4.78, 5) is 7.94.